The Bertz CT molecular complexity index is 858. The van der Waals surface area contributed by atoms with Crippen molar-refractivity contribution in [2.24, 2.45) is 5.73 Å². The van der Waals surface area contributed by atoms with Gasteiger partial charge in [-0.1, -0.05) is 46.9 Å². The molecule has 0 spiro atoms. The van der Waals surface area contributed by atoms with Crippen LogP contribution in [0.25, 0.3) is 0 Å². The van der Waals surface area contributed by atoms with Gasteiger partial charge in [0.25, 0.3) is 11.8 Å². The fourth-order valence-electron chi connectivity index (χ4n) is 1.78. The van der Waals surface area contributed by atoms with E-state index in [4.69, 9.17) is 45.3 Å². The first kappa shape index (κ1) is 19.0. The number of carbonyl (C=O) groups is 3. The number of rotatable bonds is 5. The number of anilines is 1. The first-order chi connectivity index (χ1) is 11.8. The number of nitrogens with zero attached hydrogens (tertiary/aromatic N) is 1. The minimum absolute atomic E-state index is 0.0508. The summed E-state index contributed by atoms with van der Waals surface area (Å²) in [6, 6.07) is 6.13. The predicted octanol–water partition coefficient (Wildman–Crippen LogP) is 2.94. The quantitative estimate of drug-likeness (QED) is 0.747. The summed E-state index contributed by atoms with van der Waals surface area (Å²) in [6.07, 6.45) is 1.13. The topological polar surface area (TPSA) is 111 Å². The molecule has 0 saturated carbocycles. The molecule has 0 saturated heterocycles. The summed E-state index contributed by atoms with van der Waals surface area (Å²) < 4.78 is 4.82. The molecule has 1 aromatic heterocycles. The fraction of sp³-hybridized carbons (Fsp3) is 0.0667. The Morgan fingerprint density at radius 2 is 1.80 bits per heavy atom. The van der Waals surface area contributed by atoms with E-state index in [0.29, 0.717) is 0 Å². The van der Waals surface area contributed by atoms with Gasteiger partial charge in [0.2, 0.25) is 0 Å². The zero-order valence-electron chi connectivity index (χ0n) is 12.4. The molecular formula is C15H10Cl3N3O4. The lowest BCUT2D eigenvalue weighted by atomic mass is 10.1. The number of halogens is 3. The SMILES string of the molecule is NC(=O)c1ccccc1NC(=O)COC(=O)c1ncc(Cl)c(Cl)c1Cl. The van der Waals surface area contributed by atoms with Crippen LogP contribution in [0.5, 0.6) is 0 Å². The van der Waals surface area contributed by atoms with Gasteiger partial charge in [-0.25, -0.2) is 9.78 Å². The van der Waals surface area contributed by atoms with Gasteiger partial charge in [-0.3, -0.25) is 9.59 Å². The van der Waals surface area contributed by atoms with Gasteiger partial charge in [0, 0.05) is 6.20 Å². The third-order valence-electron chi connectivity index (χ3n) is 2.91. The van der Waals surface area contributed by atoms with E-state index in [-0.39, 0.29) is 32.0 Å². The van der Waals surface area contributed by atoms with Gasteiger partial charge in [0.15, 0.2) is 12.3 Å². The zero-order valence-corrected chi connectivity index (χ0v) is 14.7. The molecule has 25 heavy (non-hydrogen) atoms. The van der Waals surface area contributed by atoms with Crippen LogP contribution in [-0.2, 0) is 9.53 Å². The van der Waals surface area contributed by atoms with Crippen molar-refractivity contribution >= 4 is 58.3 Å². The lowest BCUT2D eigenvalue weighted by Crippen LogP contribution is -2.23. The number of nitrogens with one attached hydrogen (secondary N) is 1. The Labute approximate surface area is 157 Å². The fourth-order valence-corrected chi connectivity index (χ4v) is 2.34. The maximum absolute atomic E-state index is 11.9. The van der Waals surface area contributed by atoms with Gasteiger partial charge >= 0.3 is 5.97 Å². The molecule has 0 atom stereocenters. The number of hydrogen-bond acceptors (Lipinski definition) is 5. The maximum Gasteiger partial charge on any atom is 0.359 e. The molecule has 0 aliphatic carbocycles. The Balaban J connectivity index is 2.02. The molecule has 0 radical (unpaired) electrons. The molecule has 7 nitrogen and oxygen atoms in total. The number of esters is 1. The minimum Gasteiger partial charge on any atom is -0.451 e. The zero-order chi connectivity index (χ0) is 18.6. The predicted molar refractivity (Wildman–Crippen MR) is 93.1 cm³/mol. The van der Waals surface area contributed by atoms with E-state index < -0.39 is 24.4 Å². The normalized spacial score (nSPS) is 10.2. The molecule has 0 unspecified atom stereocenters. The standard InChI is InChI=1S/C15H10Cl3N3O4/c16-8-5-20-13(12(18)11(8)17)15(24)25-6-10(22)21-9-4-2-1-3-7(9)14(19)23/h1-5H,6H2,(H2,19,23)(H,21,22). The molecule has 10 heteroatoms. The molecule has 0 bridgehead atoms. The molecule has 0 aliphatic rings. The van der Waals surface area contributed by atoms with Gasteiger partial charge in [-0.05, 0) is 12.1 Å². The van der Waals surface area contributed by atoms with Crippen LogP contribution in [0.1, 0.15) is 20.8 Å². The van der Waals surface area contributed by atoms with E-state index in [9.17, 15) is 14.4 Å². The molecule has 3 N–H and O–H groups in total. The Hall–Kier alpha value is -2.35. The van der Waals surface area contributed by atoms with Crippen LogP contribution in [0.2, 0.25) is 15.1 Å². The van der Waals surface area contributed by atoms with E-state index in [1.165, 1.54) is 12.1 Å². The number of amides is 2. The lowest BCUT2D eigenvalue weighted by Gasteiger charge is -2.10. The van der Waals surface area contributed by atoms with Crippen molar-refractivity contribution in [3.05, 3.63) is 56.8 Å². The van der Waals surface area contributed by atoms with Crippen molar-refractivity contribution in [2.75, 3.05) is 11.9 Å². The molecule has 1 aromatic carbocycles. The number of aromatic nitrogens is 1. The molecular weight excluding hydrogens is 393 g/mol. The van der Waals surface area contributed by atoms with Crippen LogP contribution in [0.4, 0.5) is 5.69 Å². The highest BCUT2D eigenvalue weighted by atomic mass is 35.5. The van der Waals surface area contributed by atoms with Crippen molar-refractivity contribution < 1.29 is 19.1 Å². The van der Waals surface area contributed by atoms with E-state index >= 15 is 0 Å². The molecule has 0 aliphatic heterocycles. The van der Waals surface area contributed by atoms with Crippen LogP contribution >= 0.6 is 34.8 Å². The van der Waals surface area contributed by atoms with Crippen molar-refractivity contribution in [1.29, 1.82) is 0 Å². The summed E-state index contributed by atoms with van der Waals surface area (Å²) in [5, 5.41) is 2.26. The van der Waals surface area contributed by atoms with Gasteiger partial charge in [0.1, 0.15) is 0 Å². The number of ether oxygens (including phenoxy) is 1. The van der Waals surface area contributed by atoms with Gasteiger partial charge < -0.3 is 15.8 Å². The number of nitrogens with two attached hydrogens (primary N) is 1. The van der Waals surface area contributed by atoms with Crippen molar-refractivity contribution in [1.82, 2.24) is 4.98 Å². The van der Waals surface area contributed by atoms with Crippen molar-refractivity contribution in [3.8, 4) is 0 Å². The van der Waals surface area contributed by atoms with Gasteiger partial charge in [-0.2, -0.15) is 0 Å². The minimum atomic E-state index is -0.957. The summed E-state index contributed by atoms with van der Waals surface area (Å²) >= 11 is 17.4. The third-order valence-corrected chi connectivity index (χ3v) is 4.15. The molecule has 130 valence electrons. The second kappa shape index (κ2) is 8.15. The Kier molecular flexibility index (Phi) is 6.19. The van der Waals surface area contributed by atoms with Crippen LogP contribution in [0.3, 0.4) is 0 Å². The summed E-state index contributed by atoms with van der Waals surface area (Å²) in [5.41, 5.74) is 5.25. The number of pyridine rings is 1. The van der Waals surface area contributed by atoms with E-state index in [1.54, 1.807) is 12.1 Å². The molecule has 2 rings (SSSR count). The lowest BCUT2D eigenvalue weighted by molar-refractivity contribution is -0.119. The first-order valence-corrected chi connectivity index (χ1v) is 7.80. The molecule has 1 heterocycles. The number of hydrogen-bond donors (Lipinski definition) is 2. The largest absolute Gasteiger partial charge is 0.451 e. The van der Waals surface area contributed by atoms with Crippen LogP contribution in [0, 0.1) is 0 Å². The third kappa shape index (κ3) is 4.60. The van der Waals surface area contributed by atoms with Crippen LogP contribution in [0.15, 0.2) is 30.5 Å². The molecule has 0 fully saturated rings. The number of para-hydroxylation sites is 1. The Morgan fingerprint density at radius 3 is 2.48 bits per heavy atom. The van der Waals surface area contributed by atoms with Crippen molar-refractivity contribution in [2.45, 2.75) is 0 Å². The van der Waals surface area contributed by atoms with E-state index in [0.717, 1.165) is 6.20 Å². The van der Waals surface area contributed by atoms with Gasteiger partial charge in [0.05, 0.1) is 26.3 Å². The van der Waals surface area contributed by atoms with Crippen LogP contribution < -0.4 is 11.1 Å². The number of primary amides is 1. The van der Waals surface area contributed by atoms with E-state index in [2.05, 4.69) is 10.3 Å². The highest BCUT2D eigenvalue weighted by Gasteiger charge is 2.19. The number of benzene rings is 1. The first-order valence-electron chi connectivity index (χ1n) is 6.66. The monoisotopic (exact) mass is 401 g/mol. The van der Waals surface area contributed by atoms with Crippen LogP contribution in [-0.4, -0.2) is 29.4 Å². The molecule has 2 aromatic rings. The summed E-state index contributed by atoms with van der Waals surface area (Å²) in [4.78, 5) is 38.8. The second-order valence-corrected chi connectivity index (χ2v) is 5.78. The average molecular weight is 403 g/mol. The maximum atomic E-state index is 11.9. The second-order valence-electron chi connectivity index (χ2n) is 4.62. The van der Waals surface area contributed by atoms with Gasteiger partial charge in [-0.15, -0.1) is 0 Å². The molecule has 2 amide bonds. The highest BCUT2D eigenvalue weighted by Crippen LogP contribution is 2.31. The summed E-state index contributed by atoms with van der Waals surface area (Å²) in [5.74, 6) is -2.35. The average Bonchev–Trinajstić information content (AvgIpc) is 2.58. The smallest absolute Gasteiger partial charge is 0.359 e. The van der Waals surface area contributed by atoms with E-state index in [1.807, 2.05) is 0 Å². The summed E-state index contributed by atoms with van der Waals surface area (Å²) in [6.45, 7) is -0.635. The van der Waals surface area contributed by atoms with Crippen molar-refractivity contribution in [3.63, 3.8) is 0 Å². The summed E-state index contributed by atoms with van der Waals surface area (Å²) in [7, 11) is 0. The number of carbonyl (C=O) groups excluding carboxylic acids is 3. The Morgan fingerprint density at radius 1 is 1.12 bits per heavy atom. The highest BCUT2D eigenvalue weighted by molar-refractivity contribution is 6.48.